The lowest BCUT2D eigenvalue weighted by atomic mass is 10.1. The molecule has 1 aromatic heterocycles. The lowest BCUT2D eigenvalue weighted by molar-refractivity contribution is -0.0584. The predicted molar refractivity (Wildman–Crippen MR) is 94.6 cm³/mol. The van der Waals surface area contributed by atoms with Gasteiger partial charge < -0.3 is 4.84 Å². The molecular formula is C19H12N2O4S. The van der Waals surface area contributed by atoms with Crippen molar-refractivity contribution in [3.8, 4) is 11.3 Å². The number of hydrogen-bond acceptors (Lipinski definition) is 6. The van der Waals surface area contributed by atoms with Gasteiger partial charge in [0, 0.05) is 10.9 Å². The van der Waals surface area contributed by atoms with Gasteiger partial charge in [-0.25, -0.2) is 9.78 Å². The van der Waals surface area contributed by atoms with Crippen LogP contribution in [0.25, 0.3) is 11.3 Å². The van der Waals surface area contributed by atoms with Crippen LogP contribution in [0.5, 0.6) is 0 Å². The highest BCUT2D eigenvalue weighted by atomic mass is 32.1. The maximum Gasteiger partial charge on any atom is 0.363 e. The number of aromatic nitrogens is 1. The monoisotopic (exact) mass is 364 g/mol. The Bertz CT molecular complexity index is 1000. The van der Waals surface area contributed by atoms with Crippen LogP contribution in [0.3, 0.4) is 0 Å². The van der Waals surface area contributed by atoms with Crippen molar-refractivity contribution in [2.45, 2.75) is 6.92 Å². The normalized spacial score (nSPS) is 13.0. The van der Waals surface area contributed by atoms with Crippen molar-refractivity contribution >= 4 is 29.1 Å². The summed E-state index contributed by atoms with van der Waals surface area (Å²) in [6.07, 6.45) is 0. The molecule has 2 amide bonds. The molecule has 0 bridgehead atoms. The largest absolute Gasteiger partial charge is 0.363 e. The molecule has 3 aromatic rings. The van der Waals surface area contributed by atoms with E-state index in [9.17, 15) is 14.4 Å². The summed E-state index contributed by atoms with van der Waals surface area (Å²) in [5.74, 6) is -2.07. The summed E-state index contributed by atoms with van der Waals surface area (Å²) in [5.41, 5.74) is 2.37. The predicted octanol–water partition coefficient (Wildman–Crippen LogP) is 3.49. The molecule has 0 radical (unpaired) electrons. The quantitative estimate of drug-likeness (QED) is 0.665. The topological polar surface area (TPSA) is 76.6 Å². The number of thiazole rings is 1. The van der Waals surface area contributed by atoms with E-state index in [-0.39, 0.29) is 16.7 Å². The fourth-order valence-electron chi connectivity index (χ4n) is 2.66. The summed E-state index contributed by atoms with van der Waals surface area (Å²) >= 11 is 1.54. The average Bonchev–Trinajstić information content (AvgIpc) is 3.20. The van der Waals surface area contributed by atoms with Gasteiger partial charge in [0.1, 0.15) is 0 Å². The van der Waals surface area contributed by atoms with E-state index in [1.807, 2.05) is 12.3 Å². The molecule has 0 aliphatic carbocycles. The van der Waals surface area contributed by atoms with Crippen LogP contribution in [0.15, 0.2) is 53.9 Å². The number of carbonyl (C=O) groups excluding carboxylic acids is 3. The Balaban J connectivity index is 1.52. The molecule has 0 saturated heterocycles. The van der Waals surface area contributed by atoms with Gasteiger partial charge in [0.2, 0.25) is 0 Å². The van der Waals surface area contributed by atoms with E-state index in [1.165, 1.54) is 12.1 Å². The summed E-state index contributed by atoms with van der Waals surface area (Å²) in [5, 5.41) is 3.39. The SMILES string of the molecule is Cc1nc(-c2ccc(C(=O)ON3C(=O)c4ccccc4C3=O)cc2)cs1. The van der Waals surface area contributed by atoms with Crippen LogP contribution >= 0.6 is 11.3 Å². The van der Waals surface area contributed by atoms with Crippen LogP contribution in [0, 0.1) is 6.92 Å². The van der Waals surface area contributed by atoms with E-state index in [4.69, 9.17) is 4.84 Å². The van der Waals surface area contributed by atoms with E-state index in [0.717, 1.165) is 16.3 Å². The van der Waals surface area contributed by atoms with E-state index >= 15 is 0 Å². The Morgan fingerprint density at radius 2 is 1.62 bits per heavy atom. The Morgan fingerprint density at radius 1 is 1.00 bits per heavy atom. The minimum Gasteiger partial charge on any atom is -0.324 e. The number of hydroxylamine groups is 2. The zero-order valence-corrected chi connectivity index (χ0v) is 14.4. The zero-order valence-electron chi connectivity index (χ0n) is 13.6. The Labute approximate surface area is 152 Å². The average molecular weight is 364 g/mol. The molecule has 0 spiro atoms. The number of fused-ring (bicyclic) bond motifs is 1. The highest BCUT2D eigenvalue weighted by Crippen LogP contribution is 2.25. The second kappa shape index (κ2) is 6.20. The van der Waals surface area contributed by atoms with E-state index in [1.54, 1.807) is 47.7 Å². The number of aryl methyl sites for hydroxylation is 1. The fourth-order valence-corrected chi connectivity index (χ4v) is 3.28. The Morgan fingerprint density at radius 3 is 2.15 bits per heavy atom. The smallest absolute Gasteiger partial charge is 0.324 e. The molecular weight excluding hydrogens is 352 g/mol. The van der Waals surface area contributed by atoms with Crippen LogP contribution in [0.2, 0.25) is 0 Å². The van der Waals surface area contributed by atoms with Gasteiger partial charge >= 0.3 is 5.97 Å². The van der Waals surface area contributed by atoms with Crippen LogP contribution < -0.4 is 0 Å². The molecule has 0 atom stereocenters. The molecule has 0 saturated carbocycles. The Hall–Kier alpha value is -3.32. The molecule has 6 nitrogen and oxygen atoms in total. The first-order chi connectivity index (χ1) is 12.5. The number of benzene rings is 2. The summed E-state index contributed by atoms with van der Waals surface area (Å²) < 4.78 is 0. The van der Waals surface area contributed by atoms with Crippen molar-refractivity contribution < 1.29 is 19.2 Å². The second-order valence-corrected chi connectivity index (χ2v) is 6.72. The van der Waals surface area contributed by atoms with Crippen molar-refractivity contribution in [2.75, 3.05) is 0 Å². The van der Waals surface area contributed by atoms with Gasteiger partial charge in [0.05, 0.1) is 27.4 Å². The molecule has 1 aliphatic rings. The molecule has 0 unspecified atom stereocenters. The van der Waals surface area contributed by atoms with Crippen molar-refractivity contribution in [2.24, 2.45) is 0 Å². The highest BCUT2D eigenvalue weighted by molar-refractivity contribution is 7.09. The summed E-state index contributed by atoms with van der Waals surface area (Å²) in [6, 6.07) is 13.0. The summed E-state index contributed by atoms with van der Waals surface area (Å²) in [7, 11) is 0. The molecule has 2 aromatic carbocycles. The van der Waals surface area contributed by atoms with Gasteiger partial charge in [-0.2, -0.15) is 0 Å². The first-order valence-corrected chi connectivity index (χ1v) is 8.65. The molecule has 2 heterocycles. The van der Waals surface area contributed by atoms with E-state index in [2.05, 4.69) is 4.98 Å². The van der Waals surface area contributed by atoms with Gasteiger partial charge in [0.15, 0.2) is 0 Å². The third-order valence-corrected chi connectivity index (χ3v) is 4.74. The lowest BCUT2D eigenvalue weighted by Gasteiger charge is -2.12. The molecule has 0 fully saturated rings. The number of imide groups is 1. The first kappa shape index (κ1) is 16.2. The lowest BCUT2D eigenvalue weighted by Crippen LogP contribution is -2.32. The Kier molecular flexibility index (Phi) is 3.85. The number of amides is 2. The minimum absolute atomic E-state index is 0.222. The summed E-state index contributed by atoms with van der Waals surface area (Å²) in [4.78, 5) is 46.2. The van der Waals surface area contributed by atoms with Crippen LogP contribution in [-0.2, 0) is 4.84 Å². The van der Waals surface area contributed by atoms with Crippen molar-refractivity contribution in [3.63, 3.8) is 0 Å². The van der Waals surface area contributed by atoms with Gasteiger partial charge in [0.25, 0.3) is 11.8 Å². The molecule has 0 N–H and O–H groups in total. The van der Waals surface area contributed by atoms with Crippen LogP contribution in [-0.4, -0.2) is 27.8 Å². The van der Waals surface area contributed by atoms with Gasteiger partial charge in [-0.05, 0) is 31.2 Å². The standard InChI is InChI=1S/C19H12N2O4S/c1-11-20-16(10-26-11)12-6-8-13(9-7-12)19(24)25-21-17(22)14-4-2-3-5-15(14)18(21)23/h2-10H,1H3. The van der Waals surface area contributed by atoms with E-state index < -0.39 is 17.8 Å². The molecule has 1 aliphatic heterocycles. The van der Waals surface area contributed by atoms with Gasteiger partial charge in [-0.15, -0.1) is 11.3 Å². The fraction of sp³-hybridized carbons (Fsp3) is 0.0526. The number of rotatable bonds is 3. The maximum atomic E-state index is 12.3. The van der Waals surface area contributed by atoms with Crippen molar-refractivity contribution in [3.05, 3.63) is 75.6 Å². The zero-order chi connectivity index (χ0) is 18.3. The van der Waals surface area contributed by atoms with Gasteiger partial charge in [-0.1, -0.05) is 29.3 Å². The molecule has 128 valence electrons. The minimum atomic E-state index is -0.777. The third kappa shape index (κ3) is 2.68. The van der Waals surface area contributed by atoms with Crippen molar-refractivity contribution in [1.29, 1.82) is 0 Å². The molecule has 26 heavy (non-hydrogen) atoms. The second-order valence-electron chi connectivity index (χ2n) is 5.66. The first-order valence-electron chi connectivity index (χ1n) is 7.77. The van der Waals surface area contributed by atoms with E-state index in [0.29, 0.717) is 5.06 Å². The molecule has 4 rings (SSSR count). The number of carbonyl (C=O) groups is 3. The molecule has 7 heteroatoms. The van der Waals surface area contributed by atoms with Crippen LogP contribution in [0.4, 0.5) is 0 Å². The summed E-state index contributed by atoms with van der Waals surface area (Å²) in [6.45, 7) is 1.92. The number of nitrogens with zero attached hydrogens (tertiary/aromatic N) is 2. The highest BCUT2D eigenvalue weighted by Gasteiger charge is 2.38. The van der Waals surface area contributed by atoms with Crippen molar-refractivity contribution in [1.82, 2.24) is 10.0 Å². The van der Waals surface area contributed by atoms with Gasteiger partial charge in [-0.3, -0.25) is 9.59 Å². The number of hydrogen-bond donors (Lipinski definition) is 0. The van der Waals surface area contributed by atoms with Crippen LogP contribution in [0.1, 0.15) is 36.1 Å². The maximum absolute atomic E-state index is 12.3. The third-order valence-electron chi connectivity index (χ3n) is 3.97.